The van der Waals surface area contributed by atoms with E-state index >= 15 is 0 Å². The number of nitrogens with zero attached hydrogens (tertiary/aromatic N) is 3. The summed E-state index contributed by atoms with van der Waals surface area (Å²) in [5.74, 6) is 0.828. The van der Waals surface area contributed by atoms with Gasteiger partial charge in [0.1, 0.15) is 11.9 Å². The van der Waals surface area contributed by atoms with E-state index in [0.717, 1.165) is 47.8 Å². The molecule has 7 heteroatoms. The molecular formula is C26H31FN4O2. The van der Waals surface area contributed by atoms with Crippen molar-refractivity contribution in [1.82, 2.24) is 19.8 Å². The highest BCUT2D eigenvalue weighted by Crippen LogP contribution is 2.39. The number of ether oxygens (including phenoxy) is 1. The largest absolute Gasteiger partial charge is 0.494 e. The predicted octanol–water partition coefficient (Wildman–Crippen LogP) is 4.12. The molecule has 0 fully saturated rings. The fraction of sp³-hybridized carbons (Fsp3) is 0.385. The quantitative estimate of drug-likeness (QED) is 0.588. The minimum absolute atomic E-state index is 0.0346. The number of nitrogens with one attached hydrogen (secondary N) is 1. The van der Waals surface area contributed by atoms with Gasteiger partial charge in [0, 0.05) is 20.1 Å². The zero-order chi connectivity index (χ0) is 23.5. The van der Waals surface area contributed by atoms with E-state index in [-0.39, 0.29) is 23.5 Å². The Hall–Kier alpha value is -3.19. The molecule has 174 valence electrons. The Morgan fingerprint density at radius 3 is 2.64 bits per heavy atom. The molecule has 0 radical (unpaired) electrons. The second kappa shape index (κ2) is 9.75. The molecule has 0 bridgehead atoms. The van der Waals surface area contributed by atoms with Crippen molar-refractivity contribution in [2.75, 3.05) is 20.7 Å². The molecule has 6 nitrogen and oxygen atoms in total. The number of benzene rings is 2. The summed E-state index contributed by atoms with van der Waals surface area (Å²) in [5, 5.41) is 2.85. The van der Waals surface area contributed by atoms with E-state index in [0.29, 0.717) is 6.42 Å². The lowest BCUT2D eigenvalue weighted by molar-refractivity contribution is -0.128. The van der Waals surface area contributed by atoms with Gasteiger partial charge in [0.05, 0.1) is 24.5 Å². The number of amides is 1. The van der Waals surface area contributed by atoms with Gasteiger partial charge in [0.2, 0.25) is 5.91 Å². The summed E-state index contributed by atoms with van der Waals surface area (Å²) in [5.41, 5.74) is 3.97. The Morgan fingerprint density at radius 1 is 1.21 bits per heavy atom. The van der Waals surface area contributed by atoms with Gasteiger partial charge in [0.15, 0.2) is 11.6 Å². The highest BCUT2D eigenvalue weighted by molar-refractivity contribution is 5.83. The van der Waals surface area contributed by atoms with Gasteiger partial charge in [-0.3, -0.25) is 9.69 Å². The molecule has 1 N–H and O–H groups in total. The number of fused-ring (bicyclic) bond motifs is 1. The van der Waals surface area contributed by atoms with Crippen LogP contribution >= 0.6 is 0 Å². The van der Waals surface area contributed by atoms with Crippen molar-refractivity contribution in [1.29, 1.82) is 0 Å². The van der Waals surface area contributed by atoms with Crippen molar-refractivity contribution in [3.05, 3.63) is 82.7 Å². The van der Waals surface area contributed by atoms with Crippen molar-refractivity contribution < 1.29 is 13.9 Å². The standard InChI is InChI=1S/C26H31FN4O2/c1-17-24-22(12-10-19-11-13-23(33-4)21(27)16-19)31(15-14-30(24)18(2)29-17)25(26(32)28-3)20-8-6-5-7-9-20/h5-9,11,13,16,22,25H,10,12,14-15H2,1-4H3,(H,28,32)/t22?,25-/m1/s1. The fourth-order valence-electron chi connectivity index (χ4n) is 5.01. The number of rotatable bonds is 7. The van der Waals surface area contributed by atoms with Gasteiger partial charge in [-0.2, -0.15) is 0 Å². The van der Waals surface area contributed by atoms with E-state index in [1.54, 1.807) is 13.1 Å². The number of imidazole rings is 1. The number of hydrogen-bond donors (Lipinski definition) is 1. The van der Waals surface area contributed by atoms with E-state index in [9.17, 15) is 9.18 Å². The van der Waals surface area contributed by atoms with E-state index in [4.69, 9.17) is 9.72 Å². The van der Waals surface area contributed by atoms with Crippen LogP contribution in [0.25, 0.3) is 0 Å². The van der Waals surface area contributed by atoms with E-state index in [2.05, 4.69) is 14.8 Å². The highest BCUT2D eigenvalue weighted by atomic mass is 19.1. The first-order valence-corrected chi connectivity index (χ1v) is 11.3. The van der Waals surface area contributed by atoms with Crippen LogP contribution in [0.5, 0.6) is 5.75 Å². The smallest absolute Gasteiger partial charge is 0.241 e. The third-order valence-electron chi connectivity index (χ3n) is 6.54. The first-order chi connectivity index (χ1) is 15.9. The van der Waals surface area contributed by atoms with E-state index in [1.807, 2.05) is 50.2 Å². The Bertz CT molecular complexity index is 1130. The molecular weight excluding hydrogens is 419 g/mol. The summed E-state index contributed by atoms with van der Waals surface area (Å²) in [6.45, 7) is 5.55. The molecule has 2 atom stereocenters. The summed E-state index contributed by atoms with van der Waals surface area (Å²) < 4.78 is 21.6. The summed E-state index contributed by atoms with van der Waals surface area (Å²) >= 11 is 0. The van der Waals surface area contributed by atoms with Gasteiger partial charge in [0.25, 0.3) is 0 Å². The van der Waals surface area contributed by atoms with E-state index in [1.165, 1.54) is 13.2 Å². The zero-order valence-electron chi connectivity index (χ0n) is 19.6. The van der Waals surface area contributed by atoms with Gasteiger partial charge >= 0.3 is 0 Å². The maximum atomic E-state index is 14.3. The third kappa shape index (κ3) is 4.50. The van der Waals surface area contributed by atoms with Crippen LogP contribution in [0, 0.1) is 19.7 Å². The van der Waals surface area contributed by atoms with Crippen LogP contribution in [0.15, 0.2) is 48.5 Å². The monoisotopic (exact) mass is 450 g/mol. The maximum Gasteiger partial charge on any atom is 0.241 e. The topological polar surface area (TPSA) is 59.4 Å². The minimum Gasteiger partial charge on any atom is -0.494 e. The van der Waals surface area contributed by atoms with Crippen LogP contribution < -0.4 is 10.1 Å². The van der Waals surface area contributed by atoms with Crippen molar-refractivity contribution in [3.63, 3.8) is 0 Å². The first kappa shape index (κ1) is 23.0. The molecule has 1 aliphatic heterocycles. The number of carbonyl (C=O) groups excluding carboxylic acids is 1. The number of aryl methyl sites for hydroxylation is 3. The van der Waals surface area contributed by atoms with E-state index < -0.39 is 6.04 Å². The number of hydrogen-bond acceptors (Lipinski definition) is 4. The van der Waals surface area contributed by atoms with Crippen LogP contribution in [0.3, 0.4) is 0 Å². The van der Waals surface area contributed by atoms with Gasteiger partial charge < -0.3 is 14.6 Å². The van der Waals surface area contributed by atoms with Crippen LogP contribution in [0.2, 0.25) is 0 Å². The summed E-state index contributed by atoms with van der Waals surface area (Å²) in [6, 6.07) is 14.5. The lowest BCUT2D eigenvalue weighted by atomic mass is 9.94. The Labute approximate surface area is 194 Å². The van der Waals surface area contributed by atoms with Crippen LogP contribution in [-0.4, -0.2) is 41.1 Å². The number of likely N-dealkylation sites (N-methyl/N-ethyl adjacent to an activating group) is 1. The average molecular weight is 451 g/mol. The van der Waals surface area contributed by atoms with Crippen molar-refractivity contribution in [3.8, 4) is 5.75 Å². The van der Waals surface area contributed by atoms with Gasteiger partial charge in [-0.25, -0.2) is 9.37 Å². The molecule has 0 saturated heterocycles. The van der Waals surface area contributed by atoms with Crippen molar-refractivity contribution in [2.24, 2.45) is 0 Å². The van der Waals surface area contributed by atoms with Crippen LogP contribution in [-0.2, 0) is 17.8 Å². The number of halogens is 1. The number of carbonyl (C=O) groups is 1. The number of methoxy groups -OCH3 is 1. The van der Waals surface area contributed by atoms with Gasteiger partial charge in [-0.15, -0.1) is 0 Å². The van der Waals surface area contributed by atoms with Crippen molar-refractivity contribution in [2.45, 2.75) is 45.3 Å². The summed E-state index contributed by atoms with van der Waals surface area (Å²) in [6.07, 6.45) is 1.40. The third-order valence-corrected chi connectivity index (χ3v) is 6.54. The summed E-state index contributed by atoms with van der Waals surface area (Å²) in [7, 11) is 3.14. The SMILES string of the molecule is CNC(=O)[C@@H](c1ccccc1)N1CCn2c(C)nc(C)c2C1CCc1ccc(OC)c(F)c1. The number of aromatic nitrogens is 2. The van der Waals surface area contributed by atoms with Crippen LogP contribution in [0.4, 0.5) is 4.39 Å². The lowest BCUT2D eigenvalue weighted by Gasteiger charge is -2.41. The minimum atomic E-state index is -0.419. The Morgan fingerprint density at radius 2 is 1.97 bits per heavy atom. The fourth-order valence-corrected chi connectivity index (χ4v) is 5.01. The molecule has 4 rings (SSSR count). The highest BCUT2D eigenvalue weighted by Gasteiger charge is 2.38. The normalized spacial score (nSPS) is 16.8. The zero-order valence-corrected chi connectivity index (χ0v) is 19.6. The first-order valence-electron chi connectivity index (χ1n) is 11.3. The lowest BCUT2D eigenvalue weighted by Crippen LogP contribution is -2.46. The maximum absolute atomic E-state index is 14.3. The van der Waals surface area contributed by atoms with Gasteiger partial charge in [-0.1, -0.05) is 36.4 Å². The summed E-state index contributed by atoms with van der Waals surface area (Å²) in [4.78, 5) is 20.1. The molecule has 2 aromatic carbocycles. The molecule has 0 spiro atoms. The molecule has 33 heavy (non-hydrogen) atoms. The average Bonchev–Trinajstić information content (AvgIpc) is 3.12. The van der Waals surface area contributed by atoms with Crippen LogP contribution in [0.1, 0.15) is 46.8 Å². The molecule has 1 aromatic heterocycles. The second-order valence-corrected chi connectivity index (χ2v) is 8.47. The molecule has 3 aromatic rings. The molecule has 1 amide bonds. The molecule has 1 unspecified atom stereocenters. The second-order valence-electron chi connectivity index (χ2n) is 8.47. The van der Waals surface area contributed by atoms with Crippen molar-refractivity contribution >= 4 is 5.91 Å². The van der Waals surface area contributed by atoms with Gasteiger partial charge in [-0.05, 0) is 49.9 Å². The molecule has 0 aliphatic carbocycles. The predicted molar refractivity (Wildman–Crippen MR) is 126 cm³/mol. The molecule has 2 heterocycles. The Balaban J connectivity index is 1.71. The Kier molecular flexibility index (Phi) is 6.79. The molecule has 1 aliphatic rings. The molecule has 0 saturated carbocycles.